The van der Waals surface area contributed by atoms with Gasteiger partial charge in [-0.25, -0.2) is 0 Å². The molecule has 1 aliphatic rings. The highest BCUT2D eigenvalue weighted by molar-refractivity contribution is 14.0. The lowest BCUT2D eigenvalue weighted by atomic mass is 10.1. The summed E-state index contributed by atoms with van der Waals surface area (Å²) in [6, 6.07) is 8.35. The molecule has 158 valence electrons. The van der Waals surface area contributed by atoms with E-state index >= 15 is 0 Å². The second kappa shape index (κ2) is 14.6. The fourth-order valence-electron chi connectivity index (χ4n) is 2.96. The highest BCUT2D eigenvalue weighted by Gasteiger charge is 2.19. The zero-order valence-corrected chi connectivity index (χ0v) is 19.2. The van der Waals surface area contributed by atoms with Gasteiger partial charge in [0.1, 0.15) is 0 Å². The lowest BCUT2D eigenvalue weighted by molar-refractivity contribution is -0.128. The molecule has 0 spiro atoms. The lowest BCUT2D eigenvalue weighted by Crippen LogP contribution is -2.37. The molecule has 1 aromatic rings. The number of nitrogens with zero attached hydrogens (tertiary/aromatic N) is 2. The van der Waals surface area contributed by atoms with Crippen LogP contribution in [0.2, 0.25) is 0 Å². The van der Waals surface area contributed by atoms with Crippen LogP contribution in [0.15, 0.2) is 29.3 Å². The van der Waals surface area contributed by atoms with Gasteiger partial charge in [-0.1, -0.05) is 24.3 Å². The molecule has 1 aliphatic heterocycles. The van der Waals surface area contributed by atoms with E-state index in [0.717, 1.165) is 31.9 Å². The van der Waals surface area contributed by atoms with Crippen LogP contribution in [0.3, 0.4) is 0 Å². The monoisotopic (exact) mass is 504 g/mol. The third-order valence-electron chi connectivity index (χ3n) is 4.41. The van der Waals surface area contributed by atoms with E-state index in [0.29, 0.717) is 39.3 Å². The van der Waals surface area contributed by atoms with Gasteiger partial charge in [-0.2, -0.15) is 0 Å². The van der Waals surface area contributed by atoms with Crippen molar-refractivity contribution in [2.75, 3.05) is 47.1 Å². The summed E-state index contributed by atoms with van der Waals surface area (Å²) in [7, 11) is 3.43. The van der Waals surface area contributed by atoms with Gasteiger partial charge in [0.15, 0.2) is 5.96 Å². The minimum atomic E-state index is 0. The molecule has 1 saturated heterocycles. The summed E-state index contributed by atoms with van der Waals surface area (Å²) in [6.07, 6.45) is 2.56. The Morgan fingerprint density at radius 3 is 2.75 bits per heavy atom. The predicted molar refractivity (Wildman–Crippen MR) is 122 cm³/mol. The SMILES string of the molecule is CN=C(NCCCOCCOC)NCc1cccc(CN2CCCC2=O)c1.I. The van der Waals surface area contributed by atoms with E-state index in [9.17, 15) is 4.79 Å². The number of guanidine groups is 1. The Balaban J connectivity index is 0.00000392. The van der Waals surface area contributed by atoms with Crippen LogP contribution >= 0.6 is 24.0 Å². The molecular weight excluding hydrogens is 471 g/mol. The molecule has 2 rings (SSSR count). The number of nitrogens with one attached hydrogen (secondary N) is 2. The van der Waals surface area contributed by atoms with Crippen molar-refractivity contribution in [2.45, 2.75) is 32.4 Å². The van der Waals surface area contributed by atoms with Crippen LogP contribution in [-0.2, 0) is 27.4 Å². The maximum atomic E-state index is 11.8. The molecule has 8 heteroatoms. The Labute approximate surface area is 185 Å². The zero-order chi connectivity index (χ0) is 19.3. The molecule has 0 saturated carbocycles. The molecule has 2 N–H and O–H groups in total. The summed E-state index contributed by atoms with van der Waals surface area (Å²) in [4.78, 5) is 18.0. The van der Waals surface area contributed by atoms with Crippen LogP contribution in [0.25, 0.3) is 0 Å². The number of amides is 1. The molecule has 28 heavy (non-hydrogen) atoms. The van der Waals surface area contributed by atoms with Gasteiger partial charge in [-0.3, -0.25) is 9.79 Å². The topological polar surface area (TPSA) is 75.2 Å². The Kier molecular flexibility index (Phi) is 12.8. The van der Waals surface area contributed by atoms with Crippen molar-refractivity contribution in [3.8, 4) is 0 Å². The summed E-state index contributed by atoms with van der Waals surface area (Å²) < 4.78 is 10.4. The molecule has 0 unspecified atom stereocenters. The van der Waals surface area contributed by atoms with Crippen molar-refractivity contribution in [3.05, 3.63) is 35.4 Å². The van der Waals surface area contributed by atoms with Crippen molar-refractivity contribution >= 4 is 35.8 Å². The molecular formula is C20H33IN4O3. The van der Waals surface area contributed by atoms with Crippen molar-refractivity contribution in [1.82, 2.24) is 15.5 Å². The average molecular weight is 504 g/mol. The van der Waals surface area contributed by atoms with Gasteiger partial charge in [0.05, 0.1) is 13.2 Å². The predicted octanol–water partition coefficient (Wildman–Crippen LogP) is 2.15. The van der Waals surface area contributed by atoms with E-state index in [1.165, 1.54) is 11.1 Å². The van der Waals surface area contributed by atoms with E-state index in [-0.39, 0.29) is 29.9 Å². The molecule has 0 aromatic heterocycles. The first-order valence-corrected chi connectivity index (χ1v) is 9.59. The second-order valence-corrected chi connectivity index (χ2v) is 6.55. The van der Waals surface area contributed by atoms with Crippen molar-refractivity contribution in [1.29, 1.82) is 0 Å². The summed E-state index contributed by atoms with van der Waals surface area (Å²) >= 11 is 0. The number of methoxy groups -OCH3 is 1. The largest absolute Gasteiger partial charge is 0.382 e. The van der Waals surface area contributed by atoms with Gasteiger partial charge in [-0.05, 0) is 24.0 Å². The van der Waals surface area contributed by atoms with Crippen molar-refractivity contribution in [2.24, 2.45) is 4.99 Å². The second-order valence-electron chi connectivity index (χ2n) is 6.55. The van der Waals surface area contributed by atoms with Gasteiger partial charge in [0.2, 0.25) is 5.91 Å². The van der Waals surface area contributed by atoms with E-state index in [2.05, 4.69) is 33.8 Å². The summed E-state index contributed by atoms with van der Waals surface area (Å²) in [5, 5.41) is 6.61. The zero-order valence-electron chi connectivity index (χ0n) is 16.9. The van der Waals surface area contributed by atoms with Crippen LogP contribution in [0.5, 0.6) is 0 Å². The molecule has 0 aliphatic carbocycles. The standard InChI is InChI=1S/C20H32N4O3.HI/c1-21-20(22-9-5-11-27-13-12-26-2)23-15-17-6-3-7-18(14-17)16-24-10-4-8-19(24)25;/h3,6-7,14H,4-5,8-13,15-16H2,1-2H3,(H2,21,22,23);1H. The van der Waals surface area contributed by atoms with E-state index in [1.54, 1.807) is 14.2 Å². The van der Waals surface area contributed by atoms with E-state index < -0.39 is 0 Å². The number of aliphatic imine (C=N–C) groups is 1. The first kappa shape index (κ1) is 24.6. The number of rotatable bonds is 11. The minimum absolute atomic E-state index is 0. The normalized spacial score (nSPS) is 14.1. The molecule has 1 heterocycles. The Morgan fingerprint density at radius 1 is 1.21 bits per heavy atom. The highest BCUT2D eigenvalue weighted by Crippen LogP contribution is 2.15. The fourth-order valence-corrected chi connectivity index (χ4v) is 2.96. The molecule has 0 atom stereocenters. The number of carbonyl (C=O) groups is 1. The number of ether oxygens (including phenoxy) is 2. The number of halogens is 1. The van der Waals surface area contributed by atoms with Gasteiger partial charge in [0.25, 0.3) is 0 Å². The van der Waals surface area contributed by atoms with Gasteiger partial charge < -0.3 is 25.0 Å². The third kappa shape index (κ3) is 9.20. The minimum Gasteiger partial charge on any atom is -0.382 e. The summed E-state index contributed by atoms with van der Waals surface area (Å²) in [5.74, 6) is 1.03. The maximum Gasteiger partial charge on any atom is 0.222 e. The average Bonchev–Trinajstić information content (AvgIpc) is 3.08. The van der Waals surface area contributed by atoms with Gasteiger partial charge in [0, 0.05) is 53.4 Å². The number of benzene rings is 1. The molecule has 1 aromatic carbocycles. The summed E-state index contributed by atoms with van der Waals surface area (Å²) in [5.41, 5.74) is 2.34. The van der Waals surface area contributed by atoms with E-state index in [1.807, 2.05) is 11.0 Å². The molecule has 1 fully saturated rings. The molecule has 7 nitrogen and oxygen atoms in total. The molecule has 1 amide bonds. The molecule has 0 radical (unpaired) electrons. The number of hydrogen-bond acceptors (Lipinski definition) is 4. The first-order chi connectivity index (χ1) is 13.2. The van der Waals surface area contributed by atoms with Crippen molar-refractivity contribution in [3.63, 3.8) is 0 Å². The van der Waals surface area contributed by atoms with Crippen LogP contribution < -0.4 is 10.6 Å². The number of hydrogen-bond donors (Lipinski definition) is 2. The summed E-state index contributed by atoms with van der Waals surface area (Å²) in [6.45, 7) is 5.00. The van der Waals surface area contributed by atoms with Crippen LogP contribution in [0, 0.1) is 0 Å². The van der Waals surface area contributed by atoms with Crippen molar-refractivity contribution < 1.29 is 14.3 Å². The number of carbonyl (C=O) groups excluding carboxylic acids is 1. The first-order valence-electron chi connectivity index (χ1n) is 9.59. The Morgan fingerprint density at radius 2 is 2.04 bits per heavy atom. The lowest BCUT2D eigenvalue weighted by Gasteiger charge is -2.16. The number of likely N-dealkylation sites (tertiary alicyclic amines) is 1. The van der Waals surface area contributed by atoms with E-state index in [4.69, 9.17) is 9.47 Å². The van der Waals surface area contributed by atoms with Crippen LogP contribution in [-0.4, -0.2) is 63.8 Å². The van der Waals surface area contributed by atoms with Crippen LogP contribution in [0.1, 0.15) is 30.4 Å². The Hall–Kier alpha value is -1.39. The Bertz CT molecular complexity index is 613. The van der Waals surface area contributed by atoms with Crippen LogP contribution in [0.4, 0.5) is 0 Å². The maximum absolute atomic E-state index is 11.8. The third-order valence-corrected chi connectivity index (χ3v) is 4.41. The molecule has 0 bridgehead atoms. The van der Waals surface area contributed by atoms with Gasteiger partial charge in [-0.15, -0.1) is 24.0 Å². The quantitative estimate of drug-likeness (QED) is 0.209. The van der Waals surface area contributed by atoms with Gasteiger partial charge >= 0.3 is 0 Å². The smallest absolute Gasteiger partial charge is 0.222 e. The fraction of sp³-hybridized carbons (Fsp3) is 0.600. The highest BCUT2D eigenvalue weighted by atomic mass is 127.